The first-order valence-electron chi connectivity index (χ1n) is 9.61. The Balaban J connectivity index is 2.13. The zero-order chi connectivity index (χ0) is 21.9. The van der Waals surface area contributed by atoms with Crippen molar-refractivity contribution >= 4 is 28.8 Å². The molecule has 0 aliphatic heterocycles. The number of benzene rings is 1. The number of carbonyl (C=O) groups is 2. The second-order valence-electron chi connectivity index (χ2n) is 7.26. The SMILES string of the molecule is COc1ccc(C)cc1N(C(=O)C(F)(F)F)C(C(=O)NC1CCCC1)c1cccs1. The van der Waals surface area contributed by atoms with Crippen LogP contribution in [0.2, 0.25) is 0 Å². The number of aryl methyl sites for hydroxylation is 1. The van der Waals surface area contributed by atoms with Crippen LogP contribution in [0.1, 0.15) is 42.2 Å². The molecule has 0 saturated heterocycles. The highest BCUT2D eigenvalue weighted by atomic mass is 32.1. The molecule has 0 radical (unpaired) electrons. The molecule has 2 amide bonds. The van der Waals surface area contributed by atoms with Crippen molar-refractivity contribution in [3.8, 4) is 5.75 Å². The average Bonchev–Trinajstić information content (AvgIpc) is 3.38. The van der Waals surface area contributed by atoms with Gasteiger partial charge in [-0.15, -0.1) is 11.3 Å². The van der Waals surface area contributed by atoms with E-state index in [1.807, 2.05) is 0 Å². The summed E-state index contributed by atoms with van der Waals surface area (Å²) in [6, 6.07) is 6.20. The molecule has 1 aromatic carbocycles. The number of carbonyl (C=O) groups excluding carboxylic acids is 2. The van der Waals surface area contributed by atoms with Crippen LogP contribution in [0.5, 0.6) is 5.75 Å². The Morgan fingerprint density at radius 2 is 1.93 bits per heavy atom. The number of alkyl halides is 3. The molecule has 3 rings (SSSR count). The molecule has 1 heterocycles. The van der Waals surface area contributed by atoms with Gasteiger partial charge in [-0.1, -0.05) is 25.0 Å². The van der Waals surface area contributed by atoms with Crippen LogP contribution in [0.3, 0.4) is 0 Å². The zero-order valence-corrected chi connectivity index (χ0v) is 17.5. The molecule has 0 bridgehead atoms. The van der Waals surface area contributed by atoms with E-state index in [9.17, 15) is 22.8 Å². The Labute approximate surface area is 176 Å². The lowest BCUT2D eigenvalue weighted by molar-refractivity contribution is -0.171. The third-order valence-corrected chi connectivity index (χ3v) is 6.00. The first kappa shape index (κ1) is 22.1. The van der Waals surface area contributed by atoms with Gasteiger partial charge in [-0.05, 0) is 48.9 Å². The minimum atomic E-state index is -5.17. The van der Waals surface area contributed by atoms with Crippen LogP contribution in [-0.4, -0.2) is 31.1 Å². The van der Waals surface area contributed by atoms with Crippen LogP contribution >= 0.6 is 11.3 Å². The monoisotopic (exact) mass is 440 g/mol. The number of anilines is 1. The molecule has 1 atom stereocenters. The summed E-state index contributed by atoms with van der Waals surface area (Å²) in [6.45, 7) is 1.69. The second kappa shape index (κ2) is 9.07. The highest BCUT2D eigenvalue weighted by Crippen LogP contribution is 2.39. The van der Waals surface area contributed by atoms with Crippen molar-refractivity contribution in [1.29, 1.82) is 0 Å². The molecular formula is C21H23F3N2O3S. The van der Waals surface area contributed by atoms with Crippen LogP contribution in [-0.2, 0) is 9.59 Å². The lowest BCUT2D eigenvalue weighted by Gasteiger charge is -2.32. The summed E-state index contributed by atoms with van der Waals surface area (Å²) in [4.78, 5) is 26.7. The van der Waals surface area contributed by atoms with Crippen LogP contribution in [0.25, 0.3) is 0 Å². The van der Waals surface area contributed by atoms with Crippen LogP contribution < -0.4 is 15.0 Å². The van der Waals surface area contributed by atoms with Gasteiger partial charge < -0.3 is 10.1 Å². The summed E-state index contributed by atoms with van der Waals surface area (Å²) in [7, 11) is 1.31. The number of amides is 2. The lowest BCUT2D eigenvalue weighted by Crippen LogP contribution is -2.50. The quantitative estimate of drug-likeness (QED) is 0.705. The van der Waals surface area contributed by atoms with Crippen molar-refractivity contribution in [2.24, 2.45) is 0 Å². The van der Waals surface area contributed by atoms with Crippen LogP contribution in [0.4, 0.5) is 18.9 Å². The zero-order valence-electron chi connectivity index (χ0n) is 16.7. The van der Waals surface area contributed by atoms with Crippen molar-refractivity contribution in [2.45, 2.75) is 50.9 Å². The third kappa shape index (κ3) is 4.77. The highest BCUT2D eigenvalue weighted by Gasteiger charge is 2.48. The van der Waals surface area contributed by atoms with Gasteiger partial charge in [0.25, 0.3) is 0 Å². The molecule has 9 heteroatoms. The van der Waals surface area contributed by atoms with Gasteiger partial charge in [-0.3, -0.25) is 14.5 Å². The molecule has 1 fully saturated rings. The summed E-state index contributed by atoms with van der Waals surface area (Å²) in [5.41, 5.74) is 0.534. The van der Waals surface area contributed by atoms with E-state index in [0.29, 0.717) is 15.3 Å². The maximum atomic E-state index is 13.6. The number of nitrogens with zero attached hydrogens (tertiary/aromatic N) is 1. The summed E-state index contributed by atoms with van der Waals surface area (Å²) in [5, 5.41) is 4.50. The molecule has 1 N–H and O–H groups in total. The Morgan fingerprint density at radius 1 is 1.23 bits per heavy atom. The molecular weight excluding hydrogens is 417 g/mol. The van der Waals surface area contributed by atoms with Crippen molar-refractivity contribution in [3.63, 3.8) is 0 Å². The van der Waals surface area contributed by atoms with Gasteiger partial charge in [0.05, 0.1) is 12.8 Å². The maximum Gasteiger partial charge on any atom is 0.471 e. The number of rotatable bonds is 6. The molecule has 30 heavy (non-hydrogen) atoms. The minimum Gasteiger partial charge on any atom is -0.495 e. The normalized spacial score (nSPS) is 15.6. The van der Waals surface area contributed by atoms with Crippen molar-refractivity contribution in [2.75, 3.05) is 12.0 Å². The maximum absolute atomic E-state index is 13.6. The van der Waals surface area contributed by atoms with Gasteiger partial charge in [-0.2, -0.15) is 13.2 Å². The molecule has 1 saturated carbocycles. The summed E-state index contributed by atoms with van der Waals surface area (Å²) in [5.74, 6) is -2.68. The van der Waals surface area contributed by atoms with E-state index < -0.39 is 24.0 Å². The molecule has 1 aromatic heterocycles. The van der Waals surface area contributed by atoms with E-state index in [1.54, 1.807) is 30.5 Å². The molecule has 2 aromatic rings. The van der Waals surface area contributed by atoms with E-state index in [0.717, 1.165) is 37.0 Å². The van der Waals surface area contributed by atoms with E-state index in [4.69, 9.17) is 4.74 Å². The summed E-state index contributed by atoms with van der Waals surface area (Å²) in [6.07, 6.45) is -1.73. The van der Waals surface area contributed by atoms with E-state index in [-0.39, 0.29) is 17.5 Å². The van der Waals surface area contributed by atoms with Crippen LogP contribution in [0, 0.1) is 6.92 Å². The number of nitrogens with one attached hydrogen (secondary N) is 1. The van der Waals surface area contributed by atoms with Gasteiger partial charge in [0.1, 0.15) is 5.75 Å². The molecule has 1 unspecified atom stereocenters. The van der Waals surface area contributed by atoms with Crippen molar-refractivity contribution < 1.29 is 27.5 Å². The largest absolute Gasteiger partial charge is 0.495 e. The molecule has 1 aliphatic carbocycles. The van der Waals surface area contributed by atoms with Gasteiger partial charge in [0.15, 0.2) is 6.04 Å². The number of hydrogen-bond donors (Lipinski definition) is 1. The fourth-order valence-electron chi connectivity index (χ4n) is 3.66. The Bertz CT molecular complexity index is 893. The predicted octanol–water partition coefficient (Wildman–Crippen LogP) is 4.76. The summed E-state index contributed by atoms with van der Waals surface area (Å²) >= 11 is 1.12. The average molecular weight is 440 g/mol. The lowest BCUT2D eigenvalue weighted by atomic mass is 10.1. The van der Waals surface area contributed by atoms with Crippen LogP contribution in [0.15, 0.2) is 35.7 Å². The predicted molar refractivity (Wildman–Crippen MR) is 109 cm³/mol. The van der Waals surface area contributed by atoms with Gasteiger partial charge in [0, 0.05) is 10.9 Å². The van der Waals surface area contributed by atoms with E-state index >= 15 is 0 Å². The Morgan fingerprint density at radius 3 is 2.50 bits per heavy atom. The number of ether oxygens (including phenoxy) is 1. The van der Waals surface area contributed by atoms with Gasteiger partial charge in [0.2, 0.25) is 5.91 Å². The molecule has 162 valence electrons. The number of methoxy groups -OCH3 is 1. The topological polar surface area (TPSA) is 58.6 Å². The van der Waals surface area contributed by atoms with Crippen molar-refractivity contribution in [3.05, 3.63) is 46.2 Å². The van der Waals surface area contributed by atoms with Gasteiger partial charge >= 0.3 is 12.1 Å². The van der Waals surface area contributed by atoms with Gasteiger partial charge in [-0.25, -0.2) is 0 Å². The molecule has 0 spiro atoms. The third-order valence-electron chi connectivity index (χ3n) is 5.08. The number of hydrogen-bond acceptors (Lipinski definition) is 4. The van der Waals surface area contributed by atoms with Crippen molar-refractivity contribution in [1.82, 2.24) is 5.32 Å². The number of thiophene rings is 1. The first-order chi connectivity index (χ1) is 14.2. The fraction of sp³-hybridized carbons (Fsp3) is 0.429. The Hall–Kier alpha value is -2.55. The van der Waals surface area contributed by atoms with E-state index in [2.05, 4.69) is 5.32 Å². The van der Waals surface area contributed by atoms with E-state index in [1.165, 1.54) is 19.2 Å². The molecule has 5 nitrogen and oxygen atoms in total. The first-order valence-corrected chi connectivity index (χ1v) is 10.5. The Kier molecular flexibility index (Phi) is 6.70. The summed E-state index contributed by atoms with van der Waals surface area (Å²) < 4.78 is 46.1. The number of halogens is 3. The molecule has 1 aliphatic rings. The second-order valence-corrected chi connectivity index (χ2v) is 8.24. The highest BCUT2D eigenvalue weighted by molar-refractivity contribution is 7.10. The smallest absolute Gasteiger partial charge is 0.471 e. The fourth-order valence-corrected chi connectivity index (χ4v) is 4.47. The standard InChI is InChI=1S/C21H23F3N2O3S/c1-13-9-10-16(29-2)15(12-13)26(20(28)21(22,23)24)18(17-8-5-11-30-17)19(27)25-14-6-3-4-7-14/h5,8-12,14,18H,3-4,6-7H2,1-2H3,(H,25,27). The minimum absolute atomic E-state index is 0.0772.